The lowest BCUT2D eigenvalue weighted by Gasteiger charge is -2.12. The van der Waals surface area contributed by atoms with Crippen LogP contribution in [0.1, 0.15) is 22.3 Å². The zero-order valence-electron chi connectivity index (χ0n) is 7.79. The highest BCUT2D eigenvalue weighted by molar-refractivity contribution is 5.37. The minimum Gasteiger partial charge on any atom is -0.166 e. The number of benzene rings is 1. The van der Waals surface area contributed by atoms with Crippen LogP contribution < -0.4 is 0 Å². The molecule has 1 aromatic rings. The Balaban J connectivity index is 3.32. The van der Waals surface area contributed by atoms with Gasteiger partial charge in [0.1, 0.15) is 0 Å². The van der Waals surface area contributed by atoms with Crippen molar-refractivity contribution in [3.05, 3.63) is 34.4 Å². The van der Waals surface area contributed by atoms with Crippen LogP contribution in [0.4, 0.5) is 13.2 Å². The maximum Gasteiger partial charge on any atom is 0.416 e. The predicted molar refractivity (Wildman–Crippen MR) is 45.7 cm³/mol. The minimum atomic E-state index is -4.23. The third kappa shape index (κ3) is 2.02. The Hall–Kier alpha value is -0.990. The molecular formula is C10H11F3. The molecule has 0 nitrogen and oxygen atoms in total. The van der Waals surface area contributed by atoms with E-state index in [0.29, 0.717) is 5.56 Å². The summed E-state index contributed by atoms with van der Waals surface area (Å²) in [6.07, 6.45) is -4.23. The molecule has 1 aromatic carbocycles. The van der Waals surface area contributed by atoms with Crippen LogP contribution in [0, 0.1) is 20.8 Å². The van der Waals surface area contributed by atoms with Crippen LogP contribution in [0.3, 0.4) is 0 Å². The number of halogens is 3. The molecule has 0 aromatic heterocycles. The van der Waals surface area contributed by atoms with E-state index < -0.39 is 11.7 Å². The molecule has 0 N–H and O–H groups in total. The van der Waals surface area contributed by atoms with E-state index in [0.717, 1.165) is 5.56 Å². The highest BCUT2D eigenvalue weighted by atomic mass is 19.4. The molecule has 0 aliphatic heterocycles. The highest BCUT2D eigenvalue weighted by Gasteiger charge is 2.32. The van der Waals surface area contributed by atoms with E-state index in [9.17, 15) is 13.2 Å². The van der Waals surface area contributed by atoms with Gasteiger partial charge >= 0.3 is 6.18 Å². The van der Waals surface area contributed by atoms with Gasteiger partial charge in [0.25, 0.3) is 0 Å². The Labute approximate surface area is 75.4 Å². The first-order chi connectivity index (χ1) is 5.82. The maximum absolute atomic E-state index is 12.4. The van der Waals surface area contributed by atoms with Gasteiger partial charge in [0.2, 0.25) is 0 Å². The molecule has 1 rings (SSSR count). The van der Waals surface area contributed by atoms with Crippen molar-refractivity contribution in [1.82, 2.24) is 0 Å². The first kappa shape index (κ1) is 10.1. The first-order valence-electron chi connectivity index (χ1n) is 3.97. The van der Waals surface area contributed by atoms with E-state index >= 15 is 0 Å². The van der Waals surface area contributed by atoms with E-state index in [-0.39, 0.29) is 5.56 Å². The van der Waals surface area contributed by atoms with Crippen molar-refractivity contribution in [2.75, 3.05) is 0 Å². The lowest BCUT2D eigenvalue weighted by atomic mass is 10.0. The molecule has 0 bridgehead atoms. The molecule has 0 saturated carbocycles. The Morgan fingerprint density at radius 3 is 1.77 bits per heavy atom. The molecule has 0 amide bonds. The average molecular weight is 188 g/mol. The van der Waals surface area contributed by atoms with Gasteiger partial charge in [-0.05, 0) is 43.5 Å². The van der Waals surface area contributed by atoms with Crippen molar-refractivity contribution in [3.8, 4) is 0 Å². The van der Waals surface area contributed by atoms with E-state index in [1.807, 2.05) is 6.92 Å². The van der Waals surface area contributed by atoms with Crippen LogP contribution in [0.2, 0.25) is 0 Å². The van der Waals surface area contributed by atoms with Gasteiger partial charge in [-0.3, -0.25) is 0 Å². The number of aryl methyl sites for hydroxylation is 3. The van der Waals surface area contributed by atoms with Crippen molar-refractivity contribution in [2.45, 2.75) is 26.9 Å². The van der Waals surface area contributed by atoms with Crippen LogP contribution in [-0.2, 0) is 6.18 Å². The number of rotatable bonds is 0. The van der Waals surface area contributed by atoms with Gasteiger partial charge in [0.05, 0.1) is 5.56 Å². The molecule has 0 atom stereocenters. The quantitative estimate of drug-likeness (QED) is 0.583. The maximum atomic E-state index is 12.4. The van der Waals surface area contributed by atoms with Crippen molar-refractivity contribution >= 4 is 0 Å². The average Bonchev–Trinajstić information content (AvgIpc) is 1.94. The number of hydrogen-bond donors (Lipinski definition) is 0. The van der Waals surface area contributed by atoms with Gasteiger partial charge in [-0.15, -0.1) is 0 Å². The molecule has 13 heavy (non-hydrogen) atoms. The second-order valence-corrected chi connectivity index (χ2v) is 3.25. The summed E-state index contributed by atoms with van der Waals surface area (Å²) in [4.78, 5) is 0. The van der Waals surface area contributed by atoms with Crippen molar-refractivity contribution in [2.24, 2.45) is 0 Å². The largest absolute Gasteiger partial charge is 0.416 e. The van der Waals surface area contributed by atoms with Crippen LogP contribution in [0.15, 0.2) is 12.1 Å². The van der Waals surface area contributed by atoms with Crippen LogP contribution >= 0.6 is 0 Å². The molecule has 0 spiro atoms. The SMILES string of the molecule is Cc1cc(C)c(C(F)(F)F)cc1C. The molecule has 0 saturated heterocycles. The smallest absolute Gasteiger partial charge is 0.166 e. The molecule has 0 aliphatic rings. The van der Waals surface area contributed by atoms with Gasteiger partial charge in [-0.2, -0.15) is 13.2 Å². The zero-order chi connectivity index (χ0) is 10.2. The molecule has 0 radical (unpaired) electrons. The zero-order valence-corrected chi connectivity index (χ0v) is 7.79. The highest BCUT2D eigenvalue weighted by Crippen LogP contribution is 2.33. The summed E-state index contributed by atoms with van der Waals surface area (Å²) >= 11 is 0. The summed E-state index contributed by atoms with van der Waals surface area (Å²) in [7, 11) is 0. The lowest BCUT2D eigenvalue weighted by molar-refractivity contribution is -0.138. The standard InChI is InChI=1S/C10H11F3/c1-6-4-8(3)9(5-7(6)2)10(11,12)13/h4-5H,1-3H3. The summed E-state index contributed by atoms with van der Waals surface area (Å²) in [5.74, 6) is 0. The van der Waals surface area contributed by atoms with Gasteiger partial charge in [-0.1, -0.05) is 6.07 Å². The Kier molecular flexibility index (Phi) is 2.37. The Morgan fingerprint density at radius 2 is 1.31 bits per heavy atom. The summed E-state index contributed by atoms with van der Waals surface area (Å²) in [6, 6.07) is 2.77. The van der Waals surface area contributed by atoms with Crippen molar-refractivity contribution in [1.29, 1.82) is 0 Å². The van der Waals surface area contributed by atoms with Crippen molar-refractivity contribution in [3.63, 3.8) is 0 Å². The fourth-order valence-corrected chi connectivity index (χ4v) is 1.27. The summed E-state index contributed by atoms with van der Waals surface area (Å²) in [5.41, 5.74) is 1.33. The summed E-state index contributed by atoms with van der Waals surface area (Å²) in [5, 5.41) is 0. The monoisotopic (exact) mass is 188 g/mol. The predicted octanol–water partition coefficient (Wildman–Crippen LogP) is 3.63. The van der Waals surface area contributed by atoms with E-state index in [1.165, 1.54) is 13.0 Å². The van der Waals surface area contributed by atoms with Crippen LogP contribution in [0.5, 0.6) is 0 Å². The fourth-order valence-electron chi connectivity index (χ4n) is 1.27. The molecule has 0 unspecified atom stereocenters. The minimum absolute atomic E-state index is 0.288. The molecule has 3 heteroatoms. The second kappa shape index (κ2) is 3.05. The molecule has 0 fully saturated rings. The second-order valence-electron chi connectivity index (χ2n) is 3.25. The molecule has 0 heterocycles. The van der Waals surface area contributed by atoms with E-state index in [1.54, 1.807) is 13.0 Å². The first-order valence-corrected chi connectivity index (χ1v) is 3.97. The molecular weight excluding hydrogens is 177 g/mol. The van der Waals surface area contributed by atoms with Gasteiger partial charge in [0.15, 0.2) is 0 Å². The van der Waals surface area contributed by atoms with Gasteiger partial charge in [0, 0.05) is 0 Å². The van der Waals surface area contributed by atoms with Crippen LogP contribution in [-0.4, -0.2) is 0 Å². The van der Waals surface area contributed by atoms with Gasteiger partial charge < -0.3 is 0 Å². The topological polar surface area (TPSA) is 0 Å². The Morgan fingerprint density at radius 1 is 0.846 bits per heavy atom. The Bertz CT molecular complexity index is 324. The van der Waals surface area contributed by atoms with Gasteiger partial charge in [-0.25, -0.2) is 0 Å². The summed E-state index contributed by atoms with van der Waals surface area (Å²) < 4.78 is 37.1. The molecule has 72 valence electrons. The van der Waals surface area contributed by atoms with E-state index in [4.69, 9.17) is 0 Å². The molecule has 0 aliphatic carbocycles. The van der Waals surface area contributed by atoms with E-state index in [2.05, 4.69) is 0 Å². The summed E-state index contributed by atoms with van der Waals surface area (Å²) in [6.45, 7) is 4.97. The fraction of sp³-hybridized carbons (Fsp3) is 0.400. The number of alkyl halides is 3. The lowest BCUT2D eigenvalue weighted by Crippen LogP contribution is -2.08. The third-order valence-electron chi connectivity index (χ3n) is 2.15. The van der Waals surface area contributed by atoms with Crippen LogP contribution in [0.25, 0.3) is 0 Å². The number of hydrogen-bond acceptors (Lipinski definition) is 0. The third-order valence-corrected chi connectivity index (χ3v) is 2.15. The normalized spacial score (nSPS) is 11.8. The van der Waals surface area contributed by atoms with Crippen molar-refractivity contribution < 1.29 is 13.2 Å².